The van der Waals surface area contributed by atoms with Crippen LogP contribution in [0.25, 0.3) is 11.5 Å². The number of esters is 1. The van der Waals surface area contributed by atoms with Crippen molar-refractivity contribution in [2.75, 3.05) is 11.9 Å². The monoisotopic (exact) mass is 379 g/mol. The largest absolute Gasteiger partial charge is 0.462 e. The van der Waals surface area contributed by atoms with Gasteiger partial charge in [0.05, 0.1) is 12.2 Å². The quantitative estimate of drug-likeness (QED) is 0.628. The summed E-state index contributed by atoms with van der Waals surface area (Å²) in [5, 5.41) is 10.8. The first kappa shape index (κ1) is 19.3. The molecule has 2 aromatic carbocycles. The molecule has 3 rings (SSSR count). The van der Waals surface area contributed by atoms with Crippen molar-refractivity contribution in [3.05, 3.63) is 65.5 Å². The van der Waals surface area contributed by atoms with Crippen LogP contribution in [0.1, 0.15) is 35.2 Å². The van der Waals surface area contributed by atoms with Crippen LogP contribution in [0.3, 0.4) is 0 Å². The molecule has 0 aliphatic heterocycles. The van der Waals surface area contributed by atoms with E-state index in [1.165, 1.54) is 0 Å². The highest BCUT2D eigenvalue weighted by atomic mass is 16.5. The predicted octanol–water partition coefficient (Wildman–Crippen LogP) is 3.79. The molecule has 0 saturated carbocycles. The summed E-state index contributed by atoms with van der Waals surface area (Å²) in [6.45, 7) is 4.04. The van der Waals surface area contributed by atoms with Crippen LogP contribution in [-0.2, 0) is 16.0 Å². The van der Waals surface area contributed by atoms with E-state index < -0.39 is 0 Å². The summed E-state index contributed by atoms with van der Waals surface area (Å²) in [4.78, 5) is 23.8. The van der Waals surface area contributed by atoms with Crippen LogP contribution in [0, 0.1) is 6.92 Å². The van der Waals surface area contributed by atoms with E-state index >= 15 is 0 Å². The van der Waals surface area contributed by atoms with Gasteiger partial charge in [-0.1, -0.05) is 18.2 Å². The van der Waals surface area contributed by atoms with Gasteiger partial charge in [0.15, 0.2) is 0 Å². The fourth-order valence-corrected chi connectivity index (χ4v) is 2.62. The third-order valence-electron chi connectivity index (χ3n) is 4.09. The topological polar surface area (TPSA) is 94.3 Å². The van der Waals surface area contributed by atoms with E-state index in [1.54, 1.807) is 31.2 Å². The smallest absolute Gasteiger partial charge is 0.338 e. The summed E-state index contributed by atoms with van der Waals surface area (Å²) >= 11 is 0. The van der Waals surface area contributed by atoms with Gasteiger partial charge in [-0.15, -0.1) is 10.2 Å². The van der Waals surface area contributed by atoms with Gasteiger partial charge >= 0.3 is 5.97 Å². The highest BCUT2D eigenvalue weighted by molar-refractivity contribution is 5.93. The number of amides is 1. The summed E-state index contributed by atoms with van der Waals surface area (Å²) < 4.78 is 10.6. The summed E-state index contributed by atoms with van der Waals surface area (Å²) in [5.74, 6) is 0.287. The maximum atomic E-state index is 12.1. The first-order valence-electron chi connectivity index (χ1n) is 9.02. The Balaban J connectivity index is 1.54. The molecule has 0 unspecified atom stereocenters. The number of aromatic nitrogens is 2. The Labute approximate surface area is 162 Å². The Bertz CT molecular complexity index is 964. The molecule has 0 spiro atoms. The van der Waals surface area contributed by atoms with Crippen LogP contribution < -0.4 is 5.32 Å². The van der Waals surface area contributed by atoms with E-state index in [2.05, 4.69) is 15.5 Å². The molecule has 0 saturated heterocycles. The number of aryl methyl sites for hydroxylation is 2. The number of anilines is 1. The van der Waals surface area contributed by atoms with E-state index in [-0.39, 0.29) is 18.3 Å². The van der Waals surface area contributed by atoms with Gasteiger partial charge < -0.3 is 14.5 Å². The minimum Gasteiger partial charge on any atom is -0.462 e. The molecule has 0 aliphatic rings. The molecule has 1 aromatic heterocycles. The molecule has 1 heterocycles. The van der Waals surface area contributed by atoms with Crippen molar-refractivity contribution in [2.24, 2.45) is 0 Å². The van der Waals surface area contributed by atoms with Crippen molar-refractivity contribution in [1.29, 1.82) is 0 Å². The van der Waals surface area contributed by atoms with Gasteiger partial charge in [-0.05, 0) is 49.7 Å². The van der Waals surface area contributed by atoms with E-state index in [0.717, 1.165) is 11.1 Å². The zero-order valence-electron chi connectivity index (χ0n) is 15.8. The van der Waals surface area contributed by atoms with E-state index in [0.29, 0.717) is 36.1 Å². The van der Waals surface area contributed by atoms with Gasteiger partial charge in [0, 0.05) is 24.1 Å². The minimum absolute atomic E-state index is 0.181. The molecule has 144 valence electrons. The lowest BCUT2D eigenvalue weighted by Crippen LogP contribution is -2.12. The molecule has 0 bridgehead atoms. The summed E-state index contributed by atoms with van der Waals surface area (Å²) in [5.41, 5.74) is 2.97. The molecule has 0 aliphatic carbocycles. The Morgan fingerprint density at radius 3 is 2.54 bits per heavy atom. The lowest BCUT2D eigenvalue weighted by Gasteiger charge is -2.06. The van der Waals surface area contributed by atoms with Crippen LogP contribution in [0.2, 0.25) is 0 Å². The third kappa shape index (κ3) is 4.82. The number of benzene rings is 2. The van der Waals surface area contributed by atoms with Gasteiger partial charge in [-0.3, -0.25) is 4.79 Å². The number of rotatable bonds is 7. The van der Waals surface area contributed by atoms with Gasteiger partial charge in [-0.25, -0.2) is 4.79 Å². The Kier molecular flexibility index (Phi) is 6.16. The van der Waals surface area contributed by atoms with Crippen LogP contribution in [0.4, 0.5) is 5.69 Å². The fourth-order valence-electron chi connectivity index (χ4n) is 2.62. The summed E-state index contributed by atoms with van der Waals surface area (Å²) in [6.07, 6.45) is 0.542. The van der Waals surface area contributed by atoms with E-state index in [4.69, 9.17) is 9.15 Å². The van der Waals surface area contributed by atoms with Gasteiger partial charge in [0.25, 0.3) is 0 Å². The van der Waals surface area contributed by atoms with E-state index in [1.807, 2.05) is 31.2 Å². The summed E-state index contributed by atoms with van der Waals surface area (Å²) in [7, 11) is 0. The molecular weight excluding hydrogens is 358 g/mol. The van der Waals surface area contributed by atoms with Crippen molar-refractivity contribution >= 4 is 17.6 Å². The van der Waals surface area contributed by atoms with Gasteiger partial charge in [0.2, 0.25) is 17.7 Å². The zero-order valence-corrected chi connectivity index (χ0v) is 15.8. The average molecular weight is 379 g/mol. The maximum Gasteiger partial charge on any atom is 0.338 e. The van der Waals surface area contributed by atoms with E-state index in [9.17, 15) is 9.59 Å². The highest BCUT2D eigenvalue weighted by Gasteiger charge is 2.12. The second kappa shape index (κ2) is 8.94. The SMILES string of the molecule is CCOC(=O)c1ccc(NC(=O)CCc2nnc(-c3ccccc3C)o2)cc1. The van der Waals surface area contributed by atoms with Crippen LogP contribution in [0.15, 0.2) is 52.9 Å². The third-order valence-corrected chi connectivity index (χ3v) is 4.09. The van der Waals surface area contributed by atoms with Crippen molar-refractivity contribution in [3.63, 3.8) is 0 Å². The van der Waals surface area contributed by atoms with Crippen LogP contribution >= 0.6 is 0 Å². The van der Waals surface area contributed by atoms with Gasteiger partial charge in [-0.2, -0.15) is 0 Å². The first-order valence-corrected chi connectivity index (χ1v) is 9.02. The Hall–Kier alpha value is -3.48. The molecule has 1 amide bonds. The number of carbonyl (C=O) groups excluding carboxylic acids is 2. The minimum atomic E-state index is -0.388. The number of carbonyl (C=O) groups is 2. The molecule has 0 fully saturated rings. The molecule has 0 atom stereocenters. The van der Waals surface area contributed by atoms with Gasteiger partial charge in [0.1, 0.15) is 0 Å². The molecular formula is C21H21N3O4. The van der Waals surface area contributed by atoms with Crippen molar-refractivity contribution in [3.8, 4) is 11.5 Å². The number of nitrogens with zero attached hydrogens (tertiary/aromatic N) is 2. The average Bonchev–Trinajstić information content (AvgIpc) is 3.16. The molecule has 7 heteroatoms. The number of ether oxygens (including phenoxy) is 1. The number of nitrogens with one attached hydrogen (secondary N) is 1. The second-order valence-corrected chi connectivity index (χ2v) is 6.16. The van der Waals surface area contributed by atoms with Crippen LogP contribution in [0.5, 0.6) is 0 Å². The molecule has 28 heavy (non-hydrogen) atoms. The first-order chi connectivity index (χ1) is 13.6. The standard InChI is InChI=1S/C21H21N3O4/c1-3-27-21(26)15-8-10-16(11-9-15)22-18(25)12-13-19-23-24-20(28-19)17-7-5-4-6-14(17)2/h4-11H,3,12-13H2,1-2H3,(H,22,25). The zero-order chi connectivity index (χ0) is 19.9. The molecule has 0 radical (unpaired) electrons. The molecule has 7 nitrogen and oxygen atoms in total. The Morgan fingerprint density at radius 1 is 1.07 bits per heavy atom. The maximum absolute atomic E-state index is 12.1. The number of hydrogen-bond donors (Lipinski definition) is 1. The van der Waals surface area contributed by atoms with Crippen LogP contribution in [-0.4, -0.2) is 28.7 Å². The summed E-state index contributed by atoms with van der Waals surface area (Å²) in [6, 6.07) is 14.3. The second-order valence-electron chi connectivity index (χ2n) is 6.16. The normalized spacial score (nSPS) is 10.5. The lowest BCUT2D eigenvalue weighted by molar-refractivity contribution is -0.116. The predicted molar refractivity (Wildman–Crippen MR) is 104 cm³/mol. The van der Waals surface area contributed by atoms with Crippen molar-refractivity contribution < 1.29 is 18.7 Å². The fraction of sp³-hybridized carbons (Fsp3) is 0.238. The number of hydrogen-bond acceptors (Lipinski definition) is 6. The molecule has 1 N–H and O–H groups in total. The molecule has 3 aromatic rings. The van der Waals surface area contributed by atoms with Crippen molar-refractivity contribution in [1.82, 2.24) is 10.2 Å². The Morgan fingerprint density at radius 2 is 1.82 bits per heavy atom. The van der Waals surface area contributed by atoms with Crippen molar-refractivity contribution in [2.45, 2.75) is 26.7 Å². The highest BCUT2D eigenvalue weighted by Crippen LogP contribution is 2.22. The lowest BCUT2D eigenvalue weighted by atomic mass is 10.1.